The van der Waals surface area contributed by atoms with Crippen molar-refractivity contribution in [3.8, 4) is 0 Å². The molecule has 1 aliphatic heterocycles. The molecule has 4 rings (SSSR count). The van der Waals surface area contributed by atoms with Crippen LogP contribution in [-0.4, -0.2) is 25.0 Å². The number of aryl methyl sites for hydroxylation is 2. The highest BCUT2D eigenvalue weighted by atomic mass is 16.3. The first-order chi connectivity index (χ1) is 10.8. The van der Waals surface area contributed by atoms with Crippen molar-refractivity contribution in [1.29, 1.82) is 0 Å². The number of benzene rings is 1. The molecule has 1 amide bonds. The van der Waals surface area contributed by atoms with Crippen LogP contribution in [0.2, 0.25) is 0 Å². The van der Waals surface area contributed by atoms with Crippen LogP contribution >= 0.6 is 0 Å². The summed E-state index contributed by atoms with van der Waals surface area (Å²) in [4.78, 5) is 12.3. The topological polar surface area (TPSA) is 54.3 Å². The third-order valence-corrected chi connectivity index (χ3v) is 4.88. The molecule has 4 nitrogen and oxygen atoms in total. The van der Waals surface area contributed by atoms with Gasteiger partial charge >= 0.3 is 0 Å². The Morgan fingerprint density at radius 2 is 2.14 bits per heavy atom. The maximum atomic E-state index is 12.3. The SMILES string of the molecule is O=C(Cc1coc2cc3c(cc12)CCC3)N[C@H]1CCCNC1. The highest BCUT2D eigenvalue weighted by Crippen LogP contribution is 2.30. The maximum Gasteiger partial charge on any atom is 0.224 e. The van der Waals surface area contributed by atoms with E-state index in [9.17, 15) is 4.79 Å². The summed E-state index contributed by atoms with van der Waals surface area (Å²) >= 11 is 0. The van der Waals surface area contributed by atoms with E-state index in [0.29, 0.717) is 6.42 Å². The van der Waals surface area contributed by atoms with Gasteiger partial charge in [-0.15, -0.1) is 0 Å². The van der Waals surface area contributed by atoms with Gasteiger partial charge in [0, 0.05) is 23.5 Å². The van der Waals surface area contributed by atoms with Crippen molar-refractivity contribution < 1.29 is 9.21 Å². The summed E-state index contributed by atoms with van der Waals surface area (Å²) in [6.07, 6.45) is 7.88. The summed E-state index contributed by atoms with van der Waals surface area (Å²) in [5.74, 6) is 0.0944. The zero-order valence-corrected chi connectivity index (χ0v) is 12.8. The molecule has 22 heavy (non-hydrogen) atoms. The van der Waals surface area contributed by atoms with E-state index in [0.717, 1.165) is 55.3 Å². The number of rotatable bonds is 3. The first-order valence-electron chi connectivity index (χ1n) is 8.31. The number of furan rings is 1. The zero-order chi connectivity index (χ0) is 14.9. The van der Waals surface area contributed by atoms with Gasteiger partial charge in [-0.05, 0) is 61.9 Å². The minimum Gasteiger partial charge on any atom is -0.464 e. The number of carbonyl (C=O) groups excluding carboxylic acids is 1. The third kappa shape index (κ3) is 2.63. The molecule has 116 valence electrons. The standard InChI is InChI=1S/C18H22N2O2/c21-18(20-15-5-2-6-19-10-15)9-14-11-22-17-8-13-4-1-3-12(13)7-16(14)17/h7-8,11,15,19H,1-6,9-10H2,(H,20,21)/t15-/m0/s1. The number of hydrogen-bond acceptors (Lipinski definition) is 3. The van der Waals surface area contributed by atoms with Gasteiger partial charge in [0.05, 0.1) is 12.7 Å². The van der Waals surface area contributed by atoms with Gasteiger partial charge in [0.15, 0.2) is 0 Å². The molecule has 1 aromatic carbocycles. The number of piperidine rings is 1. The van der Waals surface area contributed by atoms with Crippen molar-refractivity contribution in [1.82, 2.24) is 10.6 Å². The van der Waals surface area contributed by atoms with Crippen molar-refractivity contribution in [3.63, 3.8) is 0 Å². The van der Waals surface area contributed by atoms with Gasteiger partial charge in [-0.2, -0.15) is 0 Å². The van der Waals surface area contributed by atoms with Crippen LogP contribution in [0.4, 0.5) is 0 Å². The molecule has 4 heteroatoms. The lowest BCUT2D eigenvalue weighted by molar-refractivity contribution is -0.121. The second-order valence-corrected chi connectivity index (χ2v) is 6.52. The molecule has 0 unspecified atom stereocenters. The number of nitrogens with one attached hydrogen (secondary N) is 2. The fourth-order valence-corrected chi connectivity index (χ4v) is 3.71. The van der Waals surface area contributed by atoms with Gasteiger partial charge in [0.1, 0.15) is 5.58 Å². The molecule has 2 heterocycles. The second-order valence-electron chi connectivity index (χ2n) is 6.52. The van der Waals surface area contributed by atoms with Crippen molar-refractivity contribution >= 4 is 16.9 Å². The minimum atomic E-state index is 0.0944. The molecular formula is C18H22N2O2. The van der Waals surface area contributed by atoms with E-state index < -0.39 is 0 Å². The number of carbonyl (C=O) groups is 1. The van der Waals surface area contributed by atoms with Crippen molar-refractivity contribution in [3.05, 3.63) is 35.1 Å². The quantitative estimate of drug-likeness (QED) is 0.914. The highest BCUT2D eigenvalue weighted by Gasteiger charge is 2.19. The summed E-state index contributed by atoms with van der Waals surface area (Å²) in [6.45, 7) is 1.94. The number of fused-ring (bicyclic) bond motifs is 2. The van der Waals surface area contributed by atoms with Crippen LogP contribution in [0.3, 0.4) is 0 Å². The highest BCUT2D eigenvalue weighted by molar-refractivity contribution is 5.88. The Bertz CT molecular complexity index is 698. The second kappa shape index (κ2) is 5.76. The molecule has 1 fully saturated rings. The molecular weight excluding hydrogens is 276 g/mol. The van der Waals surface area contributed by atoms with E-state index in [1.165, 1.54) is 17.5 Å². The largest absolute Gasteiger partial charge is 0.464 e. The molecule has 0 saturated carbocycles. The lowest BCUT2D eigenvalue weighted by Crippen LogP contribution is -2.46. The minimum absolute atomic E-state index is 0.0944. The molecule has 2 aromatic rings. The Hall–Kier alpha value is -1.81. The van der Waals surface area contributed by atoms with Crippen LogP contribution in [0, 0.1) is 0 Å². The number of hydrogen-bond donors (Lipinski definition) is 2. The summed E-state index contributed by atoms with van der Waals surface area (Å²) in [7, 11) is 0. The summed E-state index contributed by atoms with van der Waals surface area (Å²) in [6, 6.07) is 4.65. The monoisotopic (exact) mass is 298 g/mol. The first kappa shape index (κ1) is 13.8. The van der Waals surface area contributed by atoms with Crippen LogP contribution in [0.1, 0.15) is 36.0 Å². The summed E-state index contributed by atoms with van der Waals surface area (Å²) in [5.41, 5.74) is 4.76. The van der Waals surface area contributed by atoms with Crippen LogP contribution in [0.25, 0.3) is 11.0 Å². The average molecular weight is 298 g/mol. The van der Waals surface area contributed by atoms with Crippen molar-refractivity contribution in [2.24, 2.45) is 0 Å². The van der Waals surface area contributed by atoms with Crippen LogP contribution in [0.5, 0.6) is 0 Å². The molecule has 0 bridgehead atoms. The predicted octanol–water partition coefficient (Wildman–Crippen LogP) is 2.33. The molecule has 0 radical (unpaired) electrons. The molecule has 0 spiro atoms. The van der Waals surface area contributed by atoms with E-state index in [4.69, 9.17) is 4.42 Å². The van der Waals surface area contributed by atoms with Gasteiger partial charge < -0.3 is 15.1 Å². The van der Waals surface area contributed by atoms with Crippen LogP contribution in [-0.2, 0) is 24.1 Å². The van der Waals surface area contributed by atoms with Crippen LogP contribution < -0.4 is 10.6 Å². The Kier molecular flexibility index (Phi) is 3.62. The molecule has 1 aliphatic carbocycles. The third-order valence-electron chi connectivity index (χ3n) is 4.88. The zero-order valence-electron chi connectivity index (χ0n) is 12.8. The molecule has 1 atom stereocenters. The van der Waals surface area contributed by atoms with Crippen molar-refractivity contribution in [2.75, 3.05) is 13.1 Å². The first-order valence-corrected chi connectivity index (χ1v) is 8.31. The molecule has 1 aromatic heterocycles. The Balaban J connectivity index is 1.50. The Morgan fingerprint density at radius 1 is 1.27 bits per heavy atom. The Morgan fingerprint density at radius 3 is 2.95 bits per heavy atom. The lowest BCUT2D eigenvalue weighted by atomic mass is 10.0. The van der Waals surface area contributed by atoms with E-state index >= 15 is 0 Å². The fraction of sp³-hybridized carbons (Fsp3) is 0.500. The smallest absolute Gasteiger partial charge is 0.224 e. The fourth-order valence-electron chi connectivity index (χ4n) is 3.71. The van der Waals surface area contributed by atoms with Gasteiger partial charge in [0.2, 0.25) is 5.91 Å². The van der Waals surface area contributed by atoms with Crippen molar-refractivity contribution in [2.45, 2.75) is 44.6 Å². The Labute approximate surface area is 130 Å². The normalized spacial score (nSPS) is 21.0. The van der Waals surface area contributed by atoms with E-state index in [2.05, 4.69) is 22.8 Å². The summed E-state index contributed by atoms with van der Waals surface area (Å²) in [5, 5.41) is 7.56. The van der Waals surface area contributed by atoms with Gasteiger partial charge in [-0.3, -0.25) is 4.79 Å². The van der Waals surface area contributed by atoms with Gasteiger partial charge in [-0.25, -0.2) is 0 Å². The van der Waals surface area contributed by atoms with Gasteiger partial charge in [0.25, 0.3) is 0 Å². The number of amides is 1. The molecule has 2 aliphatic rings. The average Bonchev–Trinajstić information content (AvgIpc) is 3.13. The predicted molar refractivity (Wildman–Crippen MR) is 86.0 cm³/mol. The van der Waals surface area contributed by atoms with Gasteiger partial charge in [-0.1, -0.05) is 0 Å². The lowest BCUT2D eigenvalue weighted by Gasteiger charge is -2.23. The van der Waals surface area contributed by atoms with E-state index in [1.807, 2.05) is 0 Å². The van der Waals surface area contributed by atoms with E-state index in [-0.39, 0.29) is 11.9 Å². The van der Waals surface area contributed by atoms with Crippen LogP contribution in [0.15, 0.2) is 22.8 Å². The summed E-state index contributed by atoms with van der Waals surface area (Å²) < 4.78 is 5.67. The molecule has 2 N–H and O–H groups in total. The maximum absolute atomic E-state index is 12.3. The molecule has 1 saturated heterocycles. The van der Waals surface area contributed by atoms with E-state index in [1.54, 1.807) is 6.26 Å².